The lowest BCUT2D eigenvalue weighted by atomic mass is 10.0. The maximum Gasteiger partial charge on any atom is 0.407 e. The largest absolute Gasteiger partial charge is 0.445 e. The predicted molar refractivity (Wildman–Crippen MR) is 102 cm³/mol. The van der Waals surface area contributed by atoms with Crippen LogP contribution >= 0.6 is 11.3 Å². The molecule has 5 nitrogen and oxygen atoms in total. The number of aliphatic hydroxyl groups is 2. The van der Waals surface area contributed by atoms with Gasteiger partial charge in [-0.05, 0) is 40.4 Å². The average Bonchev–Trinajstić information content (AvgIpc) is 3.14. The van der Waals surface area contributed by atoms with E-state index in [1.54, 1.807) is 11.3 Å². The quantitative estimate of drug-likeness (QED) is 0.593. The summed E-state index contributed by atoms with van der Waals surface area (Å²) in [4.78, 5) is 11.7. The molecule has 0 saturated carbocycles. The molecule has 0 radical (unpaired) electrons. The maximum atomic E-state index is 11.7. The van der Waals surface area contributed by atoms with E-state index in [9.17, 15) is 15.0 Å². The number of carbonyl (C=O) groups is 1. The van der Waals surface area contributed by atoms with Gasteiger partial charge in [-0.15, -0.1) is 11.3 Å². The fourth-order valence-corrected chi connectivity index (χ4v) is 3.47. The van der Waals surface area contributed by atoms with Gasteiger partial charge < -0.3 is 20.3 Å². The Morgan fingerprint density at radius 2 is 1.92 bits per heavy atom. The van der Waals surface area contributed by atoms with Crippen LogP contribution in [0.1, 0.15) is 23.7 Å². The Bertz CT molecular complexity index is 849. The molecule has 0 aliphatic heterocycles. The number of amides is 1. The van der Waals surface area contributed by atoms with Gasteiger partial charge in [0.2, 0.25) is 0 Å². The van der Waals surface area contributed by atoms with Gasteiger partial charge in [-0.2, -0.15) is 0 Å². The first-order valence-electron chi connectivity index (χ1n) is 8.41. The minimum Gasteiger partial charge on any atom is -0.445 e. The van der Waals surface area contributed by atoms with Crippen LogP contribution in [0.4, 0.5) is 4.79 Å². The molecule has 3 aromatic rings. The molecule has 2 aromatic carbocycles. The van der Waals surface area contributed by atoms with Crippen LogP contribution < -0.4 is 5.32 Å². The molecule has 3 N–H and O–H groups in total. The Morgan fingerprint density at radius 1 is 1.12 bits per heavy atom. The van der Waals surface area contributed by atoms with Crippen LogP contribution in [0.2, 0.25) is 0 Å². The van der Waals surface area contributed by atoms with Gasteiger partial charge in [0.05, 0.1) is 6.10 Å². The maximum absolute atomic E-state index is 11.7. The van der Waals surface area contributed by atoms with Crippen molar-refractivity contribution >= 4 is 27.5 Å². The van der Waals surface area contributed by atoms with Crippen LogP contribution in [-0.4, -0.2) is 29.0 Å². The number of alkyl carbamates (subject to hydrolysis) is 1. The molecular formula is C20H21NO4S. The number of aliphatic hydroxyl groups excluding tert-OH is 2. The number of carbonyl (C=O) groups excluding carboxylic acids is 1. The van der Waals surface area contributed by atoms with Crippen LogP contribution in [0.15, 0.2) is 60.0 Å². The fourth-order valence-electron chi connectivity index (χ4n) is 2.63. The van der Waals surface area contributed by atoms with Crippen molar-refractivity contribution in [3.8, 4) is 0 Å². The molecule has 26 heavy (non-hydrogen) atoms. The molecule has 0 aliphatic rings. The van der Waals surface area contributed by atoms with Crippen molar-refractivity contribution in [1.29, 1.82) is 0 Å². The molecule has 2 atom stereocenters. The van der Waals surface area contributed by atoms with Crippen LogP contribution in [0.25, 0.3) is 10.1 Å². The summed E-state index contributed by atoms with van der Waals surface area (Å²) in [5.74, 6) is 0. The van der Waals surface area contributed by atoms with E-state index in [2.05, 4.69) is 5.32 Å². The van der Waals surface area contributed by atoms with Gasteiger partial charge in [-0.1, -0.05) is 42.5 Å². The van der Waals surface area contributed by atoms with Crippen molar-refractivity contribution in [3.63, 3.8) is 0 Å². The highest BCUT2D eigenvalue weighted by molar-refractivity contribution is 7.17. The summed E-state index contributed by atoms with van der Waals surface area (Å²) in [6, 6.07) is 17.0. The van der Waals surface area contributed by atoms with Crippen LogP contribution in [0.5, 0.6) is 0 Å². The molecule has 1 amide bonds. The summed E-state index contributed by atoms with van der Waals surface area (Å²) in [6.45, 7) is 0.409. The first-order chi connectivity index (χ1) is 12.6. The standard InChI is InChI=1S/C20H21NO4S/c22-17(19(23)16-7-6-15-9-11-26-18(15)12-16)8-10-21-20(24)25-13-14-4-2-1-3-5-14/h1-7,9,11-12,17,19,22-23H,8,10,13H2,(H,21,24). The number of rotatable bonds is 7. The van der Waals surface area contributed by atoms with Gasteiger partial charge in [-0.25, -0.2) is 4.79 Å². The molecule has 1 aromatic heterocycles. The van der Waals surface area contributed by atoms with Crippen molar-refractivity contribution in [2.45, 2.75) is 25.2 Å². The second kappa shape index (κ2) is 8.80. The van der Waals surface area contributed by atoms with E-state index in [1.165, 1.54) is 0 Å². The summed E-state index contributed by atoms with van der Waals surface area (Å²) >= 11 is 1.59. The van der Waals surface area contributed by atoms with Gasteiger partial charge in [0, 0.05) is 11.2 Å². The lowest BCUT2D eigenvalue weighted by molar-refractivity contribution is 0.0137. The van der Waals surface area contributed by atoms with Gasteiger partial charge in [0.15, 0.2) is 0 Å². The van der Waals surface area contributed by atoms with Crippen molar-refractivity contribution in [1.82, 2.24) is 5.32 Å². The average molecular weight is 371 g/mol. The van der Waals surface area contributed by atoms with Gasteiger partial charge >= 0.3 is 6.09 Å². The Hall–Kier alpha value is -2.41. The number of nitrogens with one attached hydrogen (secondary N) is 1. The Kier molecular flexibility index (Phi) is 6.22. The molecule has 3 rings (SSSR count). The summed E-state index contributed by atoms with van der Waals surface area (Å²) < 4.78 is 6.17. The molecule has 0 aliphatic carbocycles. The van der Waals surface area contributed by atoms with Gasteiger partial charge in [0.1, 0.15) is 12.7 Å². The van der Waals surface area contributed by atoms with E-state index >= 15 is 0 Å². The number of benzene rings is 2. The van der Waals surface area contributed by atoms with Gasteiger partial charge in [-0.3, -0.25) is 0 Å². The van der Waals surface area contributed by atoms with Crippen LogP contribution in [0, 0.1) is 0 Å². The minimum absolute atomic E-state index is 0.193. The number of thiophene rings is 1. The Balaban J connectivity index is 1.42. The predicted octanol–water partition coefficient (Wildman–Crippen LogP) is 3.61. The van der Waals surface area contributed by atoms with Crippen LogP contribution in [0.3, 0.4) is 0 Å². The number of fused-ring (bicyclic) bond motifs is 1. The summed E-state index contributed by atoms with van der Waals surface area (Å²) in [6.07, 6.45) is -2.29. The van der Waals surface area contributed by atoms with Crippen molar-refractivity contribution in [2.75, 3.05) is 6.54 Å². The molecule has 136 valence electrons. The monoisotopic (exact) mass is 371 g/mol. The first-order valence-corrected chi connectivity index (χ1v) is 9.29. The zero-order valence-corrected chi connectivity index (χ0v) is 15.0. The summed E-state index contributed by atoms with van der Waals surface area (Å²) in [5, 5.41) is 26.2. The van der Waals surface area contributed by atoms with E-state index in [0.717, 1.165) is 15.6 Å². The third kappa shape index (κ3) is 4.82. The first kappa shape index (κ1) is 18.4. The van der Waals surface area contributed by atoms with E-state index in [4.69, 9.17) is 4.74 Å². The van der Waals surface area contributed by atoms with E-state index in [1.807, 2.05) is 60.0 Å². The molecule has 0 fully saturated rings. The molecular weight excluding hydrogens is 350 g/mol. The lowest BCUT2D eigenvalue weighted by Gasteiger charge is -2.18. The molecule has 6 heteroatoms. The third-order valence-corrected chi connectivity index (χ3v) is 4.99. The van der Waals surface area contributed by atoms with Crippen molar-refractivity contribution in [2.24, 2.45) is 0 Å². The number of ether oxygens (including phenoxy) is 1. The minimum atomic E-state index is -0.997. The molecule has 1 heterocycles. The second-order valence-corrected chi connectivity index (χ2v) is 6.95. The van der Waals surface area contributed by atoms with E-state index in [0.29, 0.717) is 5.56 Å². The SMILES string of the molecule is O=C(NCCC(O)C(O)c1ccc2ccsc2c1)OCc1ccccc1. The van der Waals surface area contributed by atoms with Gasteiger partial charge in [0.25, 0.3) is 0 Å². The van der Waals surface area contributed by atoms with E-state index in [-0.39, 0.29) is 19.6 Å². The number of hydrogen-bond donors (Lipinski definition) is 3. The Morgan fingerprint density at radius 3 is 2.73 bits per heavy atom. The highest BCUT2D eigenvalue weighted by atomic mass is 32.1. The van der Waals surface area contributed by atoms with Crippen LogP contribution in [-0.2, 0) is 11.3 Å². The number of hydrogen-bond acceptors (Lipinski definition) is 5. The fraction of sp³-hybridized carbons (Fsp3) is 0.250. The third-order valence-electron chi connectivity index (χ3n) is 4.11. The van der Waals surface area contributed by atoms with Crippen molar-refractivity contribution in [3.05, 3.63) is 71.1 Å². The molecule has 0 spiro atoms. The second-order valence-electron chi connectivity index (χ2n) is 6.01. The summed E-state index contributed by atoms with van der Waals surface area (Å²) in [7, 11) is 0. The van der Waals surface area contributed by atoms with E-state index < -0.39 is 18.3 Å². The normalized spacial score (nSPS) is 13.3. The Labute approximate surface area is 155 Å². The zero-order valence-electron chi connectivity index (χ0n) is 14.2. The highest BCUT2D eigenvalue weighted by Gasteiger charge is 2.19. The van der Waals surface area contributed by atoms with Crippen molar-refractivity contribution < 1.29 is 19.7 Å². The highest BCUT2D eigenvalue weighted by Crippen LogP contribution is 2.26. The zero-order chi connectivity index (χ0) is 18.4. The molecule has 0 saturated heterocycles. The topological polar surface area (TPSA) is 78.8 Å². The smallest absolute Gasteiger partial charge is 0.407 e. The molecule has 2 unspecified atom stereocenters. The lowest BCUT2D eigenvalue weighted by Crippen LogP contribution is -2.29. The summed E-state index contributed by atoms with van der Waals surface area (Å²) in [5.41, 5.74) is 1.57. The molecule has 0 bridgehead atoms.